The van der Waals surface area contributed by atoms with E-state index in [1.165, 1.54) is 13.2 Å². The van der Waals surface area contributed by atoms with E-state index >= 15 is 0 Å². The normalized spacial score (nSPS) is 19.2. The summed E-state index contributed by atoms with van der Waals surface area (Å²) < 4.78 is 21.7. The number of aromatic nitrogens is 3. The molecular weight excluding hydrogens is 359 g/mol. The van der Waals surface area contributed by atoms with Gasteiger partial charge in [-0.25, -0.2) is 14.1 Å². The van der Waals surface area contributed by atoms with Gasteiger partial charge in [0.15, 0.2) is 5.82 Å². The number of likely N-dealkylation sites (tertiary alicyclic amines) is 1. The van der Waals surface area contributed by atoms with Crippen LogP contribution in [0.5, 0.6) is 5.75 Å². The van der Waals surface area contributed by atoms with Gasteiger partial charge < -0.3 is 9.64 Å². The zero-order chi connectivity index (χ0) is 19.7. The molecule has 0 bridgehead atoms. The van der Waals surface area contributed by atoms with Crippen molar-refractivity contribution in [2.24, 2.45) is 5.92 Å². The summed E-state index contributed by atoms with van der Waals surface area (Å²) in [6.45, 7) is 2.24. The lowest BCUT2D eigenvalue weighted by Gasteiger charge is -2.27. The number of rotatable bonds is 5. The molecule has 0 saturated carbocycles. The largest absolute Gasteiger partial charge is 0.496 e. The second-order valence-electron chi connectivity index (χ2n) is 6.95. The van der Waals surface area contributed by atoms with Crippen molar-refractivity contribution in [3.8, 4) is 11.6 Å². The van der Waals surface area contributed by atoms with Crippen molar-refractivity contribution in [2.75, 3.05) is 7.11 Å². The molecule has 1 amide bonds. The summed E-state index contributed by atoms with van der Waals surface area (Å²) in [5, 5.41) is 4.19. The number of benzene rings is 1. The summed E-state index contributed by atoms with van der Waals surface area (Å²) in [6.07, 6.45) is 5.73. The third kappa shape index (κ3) is 3.24. The van der Waals surface area contributed by atoms with Crippen LogP contribution in [-0.2, 0) is 11.3 Å². The maximum absolute atomic E-state index is 14.7. The molecule has 1 fully saturated rings. The number of halogens is 1. The van der Waals surface area contributed by atoms with Crippen molar-refractivity contribution in [3.63, 3.8) is 0 Å². The highest BCUT2D eigenvalue weighted by Gasteiger charge is 2.40. The fourth-order valence-electron chi connectivity index (χ4n) is 3.77. The predicted octanol–water partition coefficient (Wildman–Crippen LogP) is 3.52. The third-order valence-corrected chi connectivity index (χ3v) is 5.13. The molecule has 2 aromatic heterocycles. The zero-order valence-corrected chi connectivity index (χ0v) is 15.7. The van der Waals surface area contributed by atoms with Gasteiger partial charge >= 0.3 is 0 Å². The first-order valence-corrected chi connectivity index (χ1v) is 9.16. The molecule has 0 radical (unpaired) electrons. The van der Waals surface area contributed by atoms with Crippen LogP contribution in [-0.4, -0.2) is 32.7 Å². The van der Waals surface area contributed by atoms with E-state index in [0.29, 0.717) is 30.1 Å². The molecule has 1 aliphatic rings. The molecule has 0 spiro atoms. The Hall–Kier alpha value is -3.22. The summed E-state index contributed by atoms with van der Waals surface area (Å²) in [7, 11) is 1.52. The van der Waals surface area contributed by atoms with Crippen LogP contribution in [0.3, 0.4) is 0 Å². The van der Waals surface area contributed by atoms with E-state index in [2.05, 4.69) is 10.1 Å². The average Bonchev–Trinajstić information content (AvgIpc) is 3.33. The lowest BCUT2D eigenvalue weighted by atomic mass is 9.99. The zero-order valence-electron chi connectivity index (χ0n) is 15.7. The van der Waals surface area contributed by atoms with E-state index in [1.54, 1.807) is 34.1 Å². The van der Waals surface area contributed by atoms with Crippen LogP contribution >= 0.6 is 0 Å². The van der Waals surface area contributed by atoms with Gasteiger partial charge in [-0.2, -0.15) is 5.10 Å². The number of amides is 1. The minimum atomic E-state index is -0.375. The fraction of sp³-hybridized carbons (Fsp3) is 0.286. The van der Waals surface area contributed by atoms with Gasteiger partial charge in [0.2, 0.25) is 5.91 Å². The summed E-state index contributed by atoms with van der Waals surface area (Å²) in [4.78, 5) is 18.9. The van der Waals surface area contributed by atoms with Crippen LogP contribution in [0.25, 0.3) is 5.82 Å². The number of hydrogen-bond donors (Lipinski definition) is 0. The van der Waals surface area contributed by atoms with Gasteiger partial charge in [-0.1, -0.05) is 13.0 Å². The van der Waals surface area contributed by atoms with E-state index in [4.69, 9.17) is 4.74 Å². The van der Waals surface area contributed by atoms with Crippen LogP contribution in [0.4, 0.5) is 4.39 Å². The SMILES string of the molecule is COc1cccc(F)c1C1CC(C)C(=O)N1Cc1ccnc(-n2cccn2)c1. The second kappa shape index (κ2) is 7.42. The Morgan fingerprint density at radius 3 is 2.86 bits per heavy atom. The molecule has 4 rings (SSSR count). The van der Waals surface area contributed by atoms with E-state index < -0.39 is 0 Å². The smallest absolute Gasteiger partial charge is 0.226 e. The number of hydrogen-bond acceptors (Lipinski definition) is 4. The maximum atomic E-state index is 14.7. The molecular formula is C21H21FN4O2. The molecule has 1 saturated heterocycles. The van der Waals surface area contributed by atoms with E-state index in [0.717, 1.165) is 5.56 Å². The lowest BCUT2D eigenvalue weighted by molar-refractivity contribution is -0.132. The Bertz CT molecular complexity index is 990. The van der Waals surface area contributed by atoms with Crippen molar-refractivity contribution < 1.29 is 13.9 Å². The van der Waals surface area contributed by atoms with Crippen LogP contribution < -0.4 is 4.74 Å². The van der Waals surface area contributed by atoms with Gasteiger partial charge in [0.05, 0.1) is 18.7 Å². The first kappa shape index (κ1) is 18.2. The first-order valence-electron chi connectivity index (χ1n) is 9.16. The van der Waals surface area contributed by atoms with E-state index in [9.17, 15) is 9.18 Å². The van der Waals surface area contributed by atoms with Crippen LogP contribution in [0.1, 0.15) is 30.5 Å². The maximum Gasteiger partial charge on any atom is 0.226 e. The molecule has 0 N–H and O–H groups in total. The van der Waals surface area contributed by atoms with Gasteiger partial charge in [0.25, 0.3) is 0 Å². The Labute approximate surface area is 162 Å². The Morgan fingerprint density at radius 2 is 2.11 bits per heavy atom. The van der Waals surface area contributed by atoms with Gasteiger partial charge in [0.1, 0.15) is 11.6 Å². The molecule has 144 valence electrons. The Morgan fingerprint density at radius 1 is 1.25 bits per heavy atom. The highest BCUT2D eigenvalue weighted by Crippen LogP contribution is 2.42. The van der Waals surface area contributed by atoms with E-state index in [-0.39, 0.29) is 23.7 Å². The monoisotopic (exact) mass is 380 g/mol. The van der Waals surface area contributed by atoms with Crippen molar-refractivity contribution in [3.05, 3.63) is 71.9 Å². The molecule has 1 aliphatic heterocycles. The molecule has 1 aromatic carbocycles. The summed E-state index contributed by atoms with van der Waals surface area (Å²) in [5.74, 6) is 0.601. The molecule has 2 unspecified atom stereocenters. The molecule has 0 aliphatic carbocycles. The van der Waals surface area contributed by atoms with Crippen molar-refractivity contribution in [1.29, 1.82) is 0 Å². The lowest BCUT2D eigenvalue weighted by Crippen LogP contribution is -2.29. The van der Waals surface area contributed by atoms with Gasteiger partial charge in [0, 0.05) is 31.1 Å². The summed E-state index contributed by atoms with van der Waals surface area (Å²) in [5.41, 5.74) is 1.34. The highest BCUT2D eigenvalue weighted by atomic mass is 19.1. The highest BCUT2D eigenvalue weighted by molar-refractivity contribution is 5.81. The van der Waals surface area contributed by atoms with Crippen molar-refractivity contribution >= 4 is 5.91 Å². The van der Waals surface area contributed by atoms with E-state index in [1.807, 2.05) is 31.3 Å². The van der Waals surface area contributed by atoms with Gasteiger partial charge in [-0.3, -0.25) is 4.79 Å². The minimum absolute atomic E-state index is 0.00718. The van der Waals surface area contributed by atoms with Gasteiger partial charge in [-0.15, -0.1) is 0 Å². The standard InChI is InChI=1S/C21H21FN4O2/c1-14-11-17(20-16(22)5-3-6-18(20)28-2)25(21(14)27)13-15-7-9-23-19(12-15)26-10-4-8-24-26/h3-10,12,14,17H,11,13H2,1-2H3. The third-order valence-electron chi connectivity index (χ3n) is 5.13. The van der Waals surface area contributed by atoms with Gasteiger partial charge in [-0.05, 0) is 42.3 Å². The minimum Gasteiger partial charge on any atom is -0.496 e. The van der Waals surface area contributed by atoms with Crippen LogP contribution in [0.15, 0.2) is 55.0 Å². The topological polar surface area (TPSA) is 60.2 Å². The van der Waals surface area contributed by atoms with Crippen molar-refractivity contribution in [2.45, 2.75) is 25.9 Å². The predicted molar refractivity (Wildman–Crippen MR) is 101 cm³/mol. The molecule has 28 heavy (non-hydrogen) atoms. The number of pyridine rings is 1. The Balaban J connectivity index is 1.68. The number of ether oxygens (including phenoxy) is 1. The molecule has 3 aromatic rings. The second-order valence-corrected chi connectivity index (χ2v) is 6.95. The number of methoxy groups -OCH3 is 1. The van der Waals surface area contributed by atoms with Crippen molar-refractivity contribution in [1.82, 2.24) is 19.7 Å². The molecule has 6 nitrogen and oxygen atoms in total. The Kier molecular flexibility index (Phi) is 4.81. The quantitative estimate of drug-likeness (QED) is 0.679. The van der Waals surface area contributed by atoms with Crippen LogP contribution in [0.2, 0.25) is 0 Å². The summed E-state index contributed by atoms with van der Waals surface area (Å²) in [6, 6.07) is 9.94. The number of nitrogens with zero attached hydrogens (tertiary/aromatic N) is 4. The average molecular weight is 380 g/mol. The molecule has 2 atom stereocenters. The number of carbonyl (C=O) groups excluding carboxylic acids is 1. The number of carbonyl (C=O) groups is 1. The fourth-order valence-corrected chi connectivity index (χ4v) is 3.77. The van der Waals surface area contributed by atoms with Crippen LogP contribution in [0, 0.1) is 11.7 Å². The first-order chi connectivity index (χ1) is 13.6. The molecule has 7 heteroatoms. The summed E-state index contributed by atoms with van der Waals surface area (Å²) >= 11 is 0. The molecule has 3 heterocycles.